The van der Waals surface area contributed by atoms with Gasteiger partial charge in [-0.3, -0.25) is 0 Å². The Balaban J connectivity index is 1.90. The molecule has 0 saturated heterocycles. The number of ether oxygens (including phenoxy) is 1. The average Bonchev–Trinajstić information content (AvgIpc) is 2.08. The molecule has 0 aromatic rings. The molecule has 78 valence electrons. The summed E-state index contributed by atoms with van der Waals surface area (Å²) in [6, 6.07) is 0.721. The van der Waals surface area contributed by atoms with Crippen LogP contribution in [-0.2, 0) is 4.74 Å². The first-order valence-electron chi connectivity index (χ1n) is 5.05. The van der Waals surface area contributed by atoms with E-state index in [1.807, 2.05) is 11.8 Å². The second kappa shape index (κ2) is 5.89. The maximum Gasteiger partial charge on any atom is 0.0601 e. The van der Waals surface area contributed by atoms with Crippen molar-refractivity contribution in [3.05, 3.63) is 0 Å². The maximum atomic E-state index is 5.22. The third-order valence-electron chi connectivity index (χ3n) is 2.81. The fourth-order valence-electron chi connectivity index (χ4n) is 1.53. The minimum absolute atomic E-state index is 0.524. The fourth-order valence-corrected chi connectivity index (χ4v) is 1.89. The summed E-state index contributed by atoms with van der Waals surface area (Å²) in [5.41, 5.74) is 0. The molecule has 0 amide bonds. The van der Waals surface area contributed by atoms with Crippen LogP contribution >= 0.6 is 11.8 Å². The van der Waals surface area contributed by atoms with E-state index >= 15 is 0 Å². The van der Waals surface area contributed by atoms with Gasteiger partial charge in [0.1, 0.15) is 0 Å². The molecule has 1 aliphatic carbocycles. The van der Waals surface area contributed by atoms with E-state index in [1.165, 1.54) is 19.3 Å². The molecule has 1 rings (SSSR count). The molecule has 2 nitrogen and oxygen atoms in total. The van der Waals surface area contributed by atoms with Gasteiger partial charge in [-0.25, -0.2) is 0 Å². The molecule has 0 radical (unpaired) electrons. The molecule has 0 aromatic heterocycles. The first-order chi connectivity index (χ1) is 6.26. The molecule has 0 aromatic carbocycles. The van der Waals surface area contributed by atoms with Gasteiger partial charge in [0.05, 0.1) is 6.10 Å². The van der Waals surface area contributed by atoms with Crippen molar-refractivity contribution in [1.29, 1.82) is 0 Å². The van der Waals surface area contributed by atoms with Gasteiger partial charge >= 0.3 is 0 Å². The van der Waals surface area contributed by atoms with Crippen molar-refractivity contribution in [2.75, 3.05) is 19.9 Å². The minimum atomic E-state index is 0.524. The Hall–Kier alpha value is 0.270. The fraction of sp³-hybridized carbons (Fsp3) is 1.00. The molecular formula is C10H21NOS. The van der Waals surface area contributed by atoms with Crippen LogP contribution in [0.15, 0.2) is 0 Å². The zero-order chi connectivity index (χ0) is 9.68. The van der Waals surface area contributed by atoms with E-state index in [4.69, 9.17) is 4.74 Å². The van der Waals surface area contributed by atoms with Gasteiger partial charge in [0.2, 0.25) is 0 Å². The summed E-state index contributed by atoms with van der Waals surface area (Å²) in [6.45, 7) is 3.44. The Kier molecular flexibility index (Phi) is 5.14. The van der Waals surface area contributed by atoms with Crippen molar-refractivity contribution in [1.82, 2.24) is 5.32 Å². The van der Waals surface area contributed by atoms with Gasteiger partial charge in [-0.15, -0.1) is 0 Å². The molecule has 0 spiro atoms. The number of thioether (sulfide) groups is 1. The molecule has 0 aliphatic heterocycles. The lowest BCUT2D eigenvalue weighted by molar-refractivity contribution is 0.0175. The van der Waals surface area contributed by atoms with Crippen molar-refractivity contribution >= 4 is 11.8 Å². The lowest BCUT2D eigenvalue weighted by Gasteiger charge is -2.35. The largest absolute Gasteiger partial charge is 0.381 e. The van der Waals surface area contributed by atoms with E-state index in [0.717, 1.165) is 17.8 Å². The van der Waals surface area contributed by atoms with Crippen LogP contribution < -0.4 is 5.32 Å². The standard InChI is InChI=1S/C10H21NOS/c1-8(13-3)4-5-11-9-6-10(7-9)12-2/h8-11H,4-7H2,1-3H3. The molecule has 1 atom stereocenters. The number of rotatable bonds is 6. The van der Waals surface area contributed by atoms with Gasteiger partial charge < -0.3 is 10.1 Å². The van der Waals surface area contributed by atoms with Gasteiger partial charge in [0, 0.05) is 18.4 Å². The Morgan fingerprint density at radius 3 is 2.77 bits per heavy atom. The molecule has 3 heteroatoms. The van der Waals surface area contributed by atoms with Crippen LogP contribution in [0.4, 0.5) is 0 Å². The highest BCUT2D eigenvalue weighted by molar-refractivity contribution is 7.99. The van der Waals surface area contributed by atoms with Crippen LogP contribution in [-0.4, -0.2) is 37.3 Å². The number of hydrogen-bond acceptors (Lipinski definition) is 3. The van der Waals surface area contributed by atoms with Crippen LogP contribution in [0.2, 0.25) is 0 Å². The molecule has 1 saturated carbocycles. The van der Waals surface area contributed by atoms with E-state index < -0.39 is 0 Å². The summed E-state index contributed by atoms with van der Waals surface area (Å²) in [5, 5.41) is 4.34. The molecule has 13 heavy (non-hydrogen) atoms. The number of methoxy groups -OCH3 is 1. The number of nitrogens with one attached hydrogen (secondary N) is 1. The molecule has 1 unspecified atom stereocenters. The smallest absolute Gasteiger partial charge is 0.0601 e. The van der Waals surface area contributed by atoms with Crippen molar-refractivity contribution in [2.24, 2.45) is 0 Å². The topological polar surface area (TPSA) is 21.3 Å². The van der Waals surface area contributed by atoms with Crippen molar-refractivity contribution in [3.8, 4) is 0 Å². The van der Waals surface area contributed by atoms with Gasteiger partial charge in [-0.1, -0.05) is 6.92 Å². The molecule has 1 N–H and O–H groups in total. The quantitative estimate of drug-likeness (QED) is 0.712. The highest BCUT2D eigenvalue weighted by Crippen LogP contribution is 2.22. The van der Waals surface area contributed by atoms with Gasteiger partial charge in [0.15, 0.2) is 0 Å². The van der Waals surface area contributed by atoms with Crippen LogP contribution in [0.25, 0.3) is 0 Å². The summed E-state index contributed by atoms with van der Waals surface area (Å²) in [5.74, 6) is 0. The van der Waals surface area contributed by atoms with Gasteiger partial charge in [-0.05, 0) is 32.1 Å². The first-order valence-corrected chi connectivity index (χ1v) is 6.34. The summed E-state index contributed by atoms with van der Waals surface area (Å²) >= 11 is 1.94. The number of hydrogen-bond donors (Lipinski definition) is 1. The van der Waals surface area contributed by atoms with Crippen molar-refractivity contribution < 1.29 is 4.74 Å². The second-order valence-corrected chi connectivity index (χ2v) is 5.09. The van der Waals surface area contributed by atoms with Crippen molar-refractivity contribution in [3.63, 3.8) is 0 Å². The van der Waals surface area contributed by atoms with Crippen molar-refractivity contribution in [2.45, 2.75) is 43.6 Å². The highest BCUT2D eigenvalue weighted by Gasteiger charge is 2.27. The second-order valence-electron chi connectivity index (χ2n) is 3.82. The predicted molar refractivity (Wildman–Crippen MR) is 59.4 cm³/mol. The van der Waals surface area contributed by atoms with Crippen LogP contribution in [0.3, 0.4) is 0 Å². The molecule has 1 aliphatic rings. The summed E-state index contributed by atoms with van der Waals surface area (Å²) in [4.78, 5) is 0. The van der Waals surface area contributed by atoms with Crippen LogP contribution in [0, 0.1) is 0 Å². The van der Waals surface area contributed by atoms with E-state index in [-0.39, 0.29) is 0 Å². The predicted octanol–water partition coefficient (Wildman–Crippen LogP) is 1.90. The summed E-state index contributed by atoms with van der Waals surface area (Å²) in [7, 11) is 1.80. The molecular weight excluding hydrogens is 182 g/mol. The van der Waals surface area contributed by atoms with E-state index in [1.54, 1.807) is 7.11 Å². The molecule has 1 fully saturated rings. The Bertz CT molecular complexity index is 137. The minimum Gasteiger partial charge on any atom is -0.381 e. The average molecular weight is 203 g/mol. The molecule has 0 heterocycles. The maximum absolute atomic E-state index is 5.22. The Morgan fingerprint density at radius 2 is 2.23 bits per heavy atom. The first kappa shape index (κ1) is 11.3. The van der Waals surface area contributed by atoms with Gasteiger partial charge in [0.25, 0.3) is 0 Å². The zero-order valence-electron chi connectivity index (χ0n) is 8.88. The third kappa shape index (κ3) is 3.88. The highest BCUT2D eigenvalue weighted by atomic mass is 32.2. The Morgan fingerprint density at radius 1 is 1.54 bits per heavy atom. The molecule has 0 bridgehead atoms. The lowest BCUT2D eigenvalue weighted by Crippen LogP contribution is -2.45. The van der Waals surface area contributed by atoms with E-state index in [0.29, 0.717) is 6.10 Å². The summed E-state index contributed by atoms with van der Waals surface area (Å²) < 4.78 is 5.22. The normalized spacial score (nSPS) is 29.8. The monoisotopic (exact) mass is 203 g/mol. The van der Waals surface area contributed by atoms with E-state index in [9.17, 15) is 0 Å². The van der Waals surface area contributed by atoms with Crippen LogP contribution in [0.1, 0.15) is 26.2 Å². The lowest BCUT2D eigenvalue weighted by atomic mass is 9.89. The third-order valence-corrected chi connectivity index (χ3v) is 3.85. The van der Waals surface area contributed by atoms with E-state index in [2.05, 4.69) is 18.5 Å². The van der Waals surface area contributed by atoms with Crippen LogP contribution in [0.5, 0.6) is 0 Å². The Labute approximate surface area is 85.8 Å². The van der Waals surface area contributed by atoms with Gasteiger partial charge in [-0.2, -0.15) is 11.8 Å². The summed E-state index contributed by atoms with van der Waals surface area (Å²) in [6.07, 6.45) is 6.37. The SMILES string of the molecule is COC1CC(NCCC(C)SC)C1. The zero-order valence-corrected chi connectivity index (χ0v) is 9.69.